The number of carbonyl (C=O) groups excluding carboxylic acids is 1. The van der Waals surface area contributed by atoms with Gasteiger partial charge in [-0.05, 0) is 24.5 Å². The van der Waals surface area contributed by atoms with E-state index in [1.807, 2.05) is 19.2 Å². The summed E-state index contributed by atoms with van der Waals surface area (Å²) in [5.41, 5.74) is 2.05. The third-order valence-electron chi connectivity index (χ3n) is 2.28. The largest absolute Gasteiger partial charge is 0.469 e. The van der Waals surface area contributed by atoms with Crippen molar-refractivity contribution in [3.63, 3.8) is 0 Å². The van der Waals surface area contributed by atoms with Crippen molar-refractivity contribution in [1.82, 2.24) is 4.98 Å². The Hall–Kier alpha value is -1.38. The van der Waals surface area contributed by atoms with Gasteiger partial charge in [-0.25, -0.2) is 0 Å². The Balaban J connectivity index is 2.89. The van der Waals surface area contributed by atoms with Crippen LogP contribution in [0.1, 0.15) is 30.9 Å². The SMILES string of the molecule is CCc1cncc(C(C)C(=O)OC)c1. The topological polar surface area (TPSA) is 39.2 Å². The maximum atomic E-state index is 11.3. The minimum absolute atomic E-state index is 0.222. The van der Waals surface area contributed by atoms with Crippen LogP contribution in [0.25, 0.3) is 0 Å². The number of pyridine rings is 1. The van der Waals surface area contributed by atoms with Gasteiger partial charge < -0.3 is 4.74 Å². The molecule has 1 aromatic heterocycles. The fraction of sp³-hybridized carbons (Fsp3) is 0.455. The van der Waals surface area contributed by atoms with Gasteiger partial charge in [-0.2, -0.15) is 0 Å². The number of methoxy groups -OCH3 is 1. The van der Waals surface area contributed by atoms with Crippen molar-refractivity contribution in [3.05, 3.63) is 29.6 Å². The lowest BCUT2D eigenvalue weighted by molar-refractivity contribution is -0.142. The highest BCUT2D eigenvalue weighted by Gasteiger charge is 2.15. The minimum atomic E-state index is -0.237. The Morgan fingerprint density at radius 3 is 2.86 bits per heavy atom. The summed E-state index contributed by atoms with van der Waals surface area (Å²) in [5, 5.41) is 0. The second kappa shape index (κ2) is 4.74. The van der Waals surface area contributed by atoms with E-state index in [0.717, 1.165) is 17.5 Å². The van der Waals surface area contributed by atoms with E-state index < -0.39 is 0 Å². The molecular formula is C11H15NO2. The van der Waals surface area contributed by atoms with Crippen LogP contribution in [0.5, 0.6) is 0 Å². The van der Waals surface area contributed by atoms with E-state index in [9.17, 15) is 4.79 Å². The zero-order chi connectivity index (χ0) is 10.6. The van der Waals surface area contributed by atoms with Gasteiger partial charge in [0.1, 0.15) is 0 Å². The second-order valence-corrected chi connectivity index (χ2v) is 3.22. The van der Waals surface area contributed by atoms with Crippen molar-refractivity contribution >= 4 is 5.97 Å². The van der Waals surface area contributed by atoms with Gasteiger partial charge in [0.05, 0.1) is 13.0 Å². The molecule has 0 saturated heterocycles. The van der Waals surface area contributed by atoms with Crippen LogP contribution in [0, 0.1) is 0 Å². The van der Waals surface area contributed by atoms with Crippen molar-refractivity contribution in [2.75, 3.05) is 7.11 Å². The molecule has 0 bridgehead atoms. The number of hydrogen-bond acceptors (Lipinski definition) is 3. The Bertz CT molecular complexity index is 323. The molecule has 0 spiro atoms. The van der Waals surface area contributed by atoms with E-state index in [0.29, 0.717) is 0 Å². The molecule has 0 aromatic carbocycles. The third-order valence-corrected chi connectivity index (χ3v) is 2.28. The summed E-state index contributed by atoms with van der Waals surface area (Å²) in [5.74, 6) is -0.459. The third kappa shape index (κ3) is 2.31. The Morgan fingerprint density at radius 2 is 2.29 bits per heavy atom. The van der Waals surface area contributed by atoms with Gasteiger partial charge in [0.2, 0.25) is 0 Å². The summed E-state index contributed by atoms with van der Waals surface area (Å²) in [6.45, 7) is 3.88. The molecule has 0 saturated carbocycles. The molecule has 0 aliphatic heterocycles. The predicted octanol–water partition coefficient (Wildman–Crippen LogP) is 1.92. The van der Waals surface area contributed by atoms with E-state index in [1.165, 1.54) is 7.11 Å². The van der Waals surface area contributed by atoms with E-state index >= 15 is 0 Å². The van der Waals surface area contributed by atoms with Gasteiger partial charge >= 0.3 is 5.97 Å². The molecule has 1 heterocycles. The maximum Gasteiger partial charge on any atom is 0.312 e. The smallest absolute Gasteiger partial charge is 0.312 e. The Kier molecular flexibility index (Phi) is 3.63. The molecule has 14 heavy (non-hydrogen) atoms. The first-order valence-electron chi connectivity index (χ1n) is 4.70. The van der Waals surface area contributed by atoms with Crippen molar-refractivity contribution < 1.29 is 9.53 Å². The molecule has 1 atom stereocenters. The lowest BCUT2D eigenvalue weighted by Gasteiger charge is -2.09. The average molecular weight is 193 g/mol. The summed E-state index contributed by atoms with van der Waals surface area (Å²) in [4.78, 5) is 15.3. The van der Waals surface area contributed by atoms with Crippen molar-refractivity contribution in [2.45, 2.75) is 26.2 Å². The van der Waals surface area contributed by atoms with Crippen molar-refractivity contribution in [2.24, 2.45) is 0 Å². The van der Waals surface area contributed by atoms with Crippen LogP contribution in [0.4, 0.5) is 0 Å². The van der Waals surface area contributed by atoms with Crippen LogP contribution in [0.2, 0.25) is 0 Å². The quantitative estimate of drug-likeness (QED) is 0.688. The average Bonchev–Trinajstić information content (AvgIpc) is 2.27. The maximum absolute atomic E-state index is 11.3. The highest BCUT2D eigenvalue weighted by atomic mass is 16.5. The van der Waals surface area contributed by atoms with Gasteiger partial charge in [0, 0.05) is 12.4 Å². The highest BCUT2D eigenvalue weighted by Crippen LogP contribution is 2.16. The van der Waals surface area contributed by atoms with E-state index in [-0.39, 0.29) is 11.9 Å². The molecule has 0 N–H and O–H groups in total. The number of esters is 1. The van der Waals surface area contributed by atoms with E-state index in [4.69, 9.17) is 0 Å². The molecule has 0 aliphatic rings. The Morgan fingerprint density at radius 1 is 1.57 bits per heavy atom. The number of nitrogens with zero attached hydrogens (tertiary/aromatic N) is 1. The standard InChI is InChI=1S/C11H15NO2/c1-4-9-5-10(7-12-6-9)8(2)11(13)14-3/h5-8H,4H2,1-3H3. The molecular weight excluding hydrogens is 178 g/mol. The first-order chi connectivity index (χ1) is 6.69. The van der Waals surface area contributed by atoms with Crippen LogP contribution in [0.15, 0.2) is 18.5 Å². The van der Waals surface area contributed by atoms with Crippen LogP contribution in [-0.4, -0.2) is 18.1 Å². The summed E-state index contributed by atoms with van der Waals surface area (Å²) < 4.78 is 4.67. The first kappa shape index (κ1) is 10.7. The molecule has 3 nitrogen and oxygen atoms in total. The molecule has 0 radical (unpaired) electrons. The second-order valence-electron chi connectivity index (χ2n) is 3.22. The van der Waals surface area contributed by atoms with E-state index in [1.54, 1.807) is 6.20 Å². The van der Waals surface area contributed by atoms with Crippen LogP contribution in [0.3, 0.4) is 0 Å². The first-order valence-corrected chi connectivity index (χ1v) is 4.70. The Labute approximate surface area is 84.1 Å². The number of aryl methyl sites for hydroxylation is 1. The number of rotatable bonds is 3. The van der Waals surface area contributed by atoms with Gasteiger partial charge in [-0.3, -0.25) is 9.78 Å². The summed E-state index contributed by atoms with van der Waals surface area (Å²) in [6, 6.07) is 1.99. The van der Waals surface area contributed by atoms with Crippen LogP contribution in [-0.2, 0) is 16.0 Å². The van der Waals surface area contributed by atoms with Gasteiger partial charge in [0.15, 0.2) is 0 Å². The fourth-order valence-corrected chi connectivity index (χ4v) is 1.25. The van der Waals surface area contributed by atoms with E-state index in [2.05, 4.69) is 16.6 Å². The van der Waals surface area contributed by atoms with Crippen molar-refractivity contribution in [3.8, 4) is 0 Å². The summed E-state index contributed by atoms with van der Waals surface area (Å²) in [6.07, 6.45) is 4.45. The number of hydrogen-bond donors (Lipinski definition) is 0. The minimum Gasteiger partial charge on any atom is -0.469 e. The molecule has 0 aliphatic carbocycles. The molecule has 0 fully saturated rings. The monoisotopic (exact) mass is 193 g/mol. The fourth-order valence-electron chi connectivity index (χ4n) is 1.25. The molecule has 76 valence electrons. The molecule has 1 aromatic rings. The van der Waals surface area contributed by atoms with Gasteiger partial charge in [-0.15, -0.1) is 0 Å². The normalized spacial score (nSPS) is 12.2. The van der Waals surface area contributed by atoms with Crippen molar-refractivity contribution in [1.29, 1.82) is 0 Å². The van der Waals surface area contributed by atoms with Crippen LogP contribution >= 0.6 is 0 Å². The predicted molar refractivity (Wildman–Crippen MR) is 54.0 cm³/mol. The number of carbonyl (C=O) groups is 1. The van der Waals surface area contributed by atoms with Crippen LogP contribution < -0.4 is 0 Å². The summed E-state index contributed by atoms with van der Waals surface area (Å²) in [7, 11) is 1.40. The lowest BCUT2D eigenvalue weighted by Crippen LogP contribution is -2.11. The molecule has 3 heteroatoms. The highest BCUT2D eigenvalue weighted by molar-refractivity contribution is 5.77. The van der Waals surface area contributed by atoms with Gasteiger partial charge in [-0.1, -0.05) is 13.0 Å². The molecule has 1 unspecified atom stereocenters. The number of aromatic nitrogens is 1. The zero-order valence-corrected chi connectivity index (χ0v) is 8.78. The molecule has 0 amide bonds. The number of ether oxygens (including phenoxy) is 1. The molecule has 1 rings (SSSR count). The lowest BCUT2D eigenvalue weighted by atomic mass is 10.0. The summed E-state index contributed by atoms with van der Waals surface area (Å²) >= 11 is 0. The van der Waals surface area contributed by atoms with Gasteiger partial charge in [0.25, 0.3) is 0 Å². The zero-order valence-electron chi connectivity index (χ0n) is 8.78.